The molecule has 8 heteroatoms. The fraction of sp³-hybridized carbons (Fsp3) is 0.167. The van der Waals surface area contributed by atoms with E-state index in [-0.39, 0.29) is 28.8 Å². The molecule has 0 spiro atoms. The van der Waals surface area contributed by atoms with Crippen molar-refractivity contribution in [3.8, 4) is 17.2 Å². The van der Waals surface area contributed by atoms with Crippen LogP contribution in [0.4, 0.5) is 5.69 Å². The van der Waals surface area contributed by atoms with E-state index in [9.17, 15) is 14.9 Å². The first-order valence-electron chi connectivity index (χ1n) is 5.47. The number of nitro groups is 1. The third kappa shape index (κ3) is 2.30. The minimum absolute atomic E-state index is 0.0339. The second-order valence-corrected chi connectivity index (χ2v) is 3.87. The van der Waals surface area contributed by atoms with Crippen LogP contribution in [0.5, 0.6) is 5.75 Å². The topological polar surface area (TPSA) is 116 Å². The van der Waals surface area contributed by atoms with Crippen molar-refractivity contribution in [1.82, 2.24) is 4.98 Å². The van der Waals surface area contributed by atoms with Crippen LogP contribution < -0.4 is 4.74 Å². The van der Waals surface area contributed by atoms with E-state index in [0.717, 1.165) is 0 Å². The highest BCUT2D eigenvalue weighted by atomic mass is 16.6. The molecule has 0 radical (unpaired) electrons. The minimum Gasteiger partial charge on any atom is -0.496 e. The fourth-order valence-electron chi connectivity index (χ4n) is 1.68. The summed E-state index contributed by atoms with van der Waals surface area (Å²) < 4.78 is 10.3. The number of oxazole rings is 1. The Labute approximate surface area is 112 Å². The number of carboxylic acid groups (broad SMARTS) is 1. The zero-order valence-electron chi connectivity index (χ0n) is 10.6. The van der Waals surface area contributed by atoms with Crippen LogP contribution in [0, 0.1) is 17.0 Å². The molecule has 0 saturated heterocycles. The van der Waals surface area contributed by atoms with E-state index in [4.69, 9.17) is 14.3 Å². The average Bonchev–Trinajstić information content (AvgIpc) is 2.80. The Morgan fingerprint density at radius 1 is 1.50 bits per heavy atom. The number of carbonyl (C=O) groups is 1. The molecule has 0 bridgehead atoms. The Balaban J connectivity index is 2.55. The zero-order chi connectivity index (χ0) is 14.9. The Morgan fingerprint density at radius 2 is 2.20 bits per heavy atom. The quantitative estimate of drug-likeness (QED) is 0.673. The molecule has 0 fully saturated rings. The van der Waals surface area contributed by atoms with Gasteiger partial charge in [-0.05, 0) is 13.0 Å². The van der Waals surface area contributed by atoms with Gasteiger partial charge in [-0.3, -0.25) is 10.1 Å². The van der Waals surface area contributed by atoms with Crippen molar-refractivity contribution in [2.24, 2.45) is 0 Å². The van der Waals surface area contributed by atoms with Crippen LogP contribution in [-0.2, 0) is 0 Å². The lowest BCUT2D eigenvalue weighted by atomic mass is 10.2. The number of aromatic nitrogens is 1. The number of rotatable bonds is 4. The molecule has 0 amide bonds. The van der Waals surface area contributed by atoms with Crippen molar-refractivity contribution in [3.05, 3.63) is 39.8 Å². The highest BCUT2D eigenvalue weighted by Gasteiger charge is 2.21. The molecule has 0 atom stereocenters. The van der Waals surface area contributed by atoms with Gasteiger partial charge >= 0.3 is 5.97 Å². The molecule has 104 valence electrons. The maximum atomic E-state index is 10.9. The molecule has 2 aromatic rings. The number of aromatic carboxylic acids is 1. The van der Waals surface area contributed by atoms with Gasteiger partial charge in [0.1, 0.15) is 11.5 Å². The molecule has 8 nitrogen and oxygen atoms in total. The van der Waals surface area contributed by atoms with Crippen LogP contribution in [0.2, 0.25) is 0 Å². The minimum atomic E-state index is -1.21. The van der Waals surface area contributed by atoms with Gasteiger partial charge in [-0.1, -0.05) is 0 Å². The lowest BCUT2D eigenvalue weighted by Gasteiger charge is -2.04. The lowest BCUT2D eigenvalue weighted by molar-refractivity contribution is -0.384. The number of benzene rings is 1. The van der Waals surface area contributed by atoms with Gasteiger partial charge in [-0.15, -0.1) is 0 Å². The number of hydrogen-bond donors (Lipinski definition) is 1. The van der Waals surface area contributed by atoms with Crippen molar-refractivity contribution < 1.29 is 24.0 Å². The second-order valence-electron chi connectivity index (χ2n) is 3.87. The molecular weight excluding hydrogens is 268 g/mol. The zero-order valence-corrected chi connectivity index (χ0v) is 10.6. The first kappa shape index (κ1) is 13.5. The van der Waals surface area contributed by atoms with Gasteiger partial charge in [-0.2, -0.15) is 0 Å². The van der Waals surface area contributed by atoms with Crippen LogP contribution in [0.3, 0.4) is 0 Å². The van der Waals surface area contributed by atoms with Crippen LogP contribution in [0.15, 0.2) is 22.6 Å². The number of nitrogens with zero attached hydrogens (tertiary/aromatic N) is 2. The summed E-state index contributed by atoms with van der Waals surface area (Å²) in [5.41, 5.74) is -0.0126. The summed E-state index contributed by atoms with van der Waals surface area (Å²) in [7, 11) is 1.34. The molecule has 0 aliphatic carbocycles. The summed E-state index contributed by atoms with van der Waals surface area (Å²) in [6, 6.07) is 3.88. The SMILES string of the molecule is COc1cc([N+](=O)[O-])ccc1-c1nc(C(=O)O)c(C)o1. The molecule has 0 unspecified atom stereocenters. The maximum Gasteiger partial charge on any atom is 0.358 e. The van der Waals surface area contributed by atoms with Crippen molar-refractivity contribution >= 4 is 11.7 Å². The van der Waals surface area contributed by atoms with E-state index in [2.05, 4.69) is 4.98 Å². The summed E-state index contributed by atoms with van der Waals surface area (Å²) in [5, 5.41) is 19.6. The van der Waals surface area contributed by atoms with Crippen LogP contribution in [0.25, 0.3) is 11.5 Å². The molecule has 1 N–H and O–H groups in total. The molecule has 20 heavy (non-hydrogen) atoms. The third-order valence-corrected chi connectivity index (χ3v) is 2.63. The van der Waals surface area contributed by atoms with E-state index in [1.165, 1.54) is 32.2 Å². The number of non-ortho nitro benzene ring substituents is 1. The van der Waals surface area contributed by atoms with E-state index < -0.39 is 10.9 Å². The summed E-state index contributed by atoms with van der Waals surface area (Å²) >= 11 is 0. The van der Waals surface area contributed by atoms with Crippen LogP contribution >= 0.6 is 0 Å². The van der Waals surface area contributed by atoms with E-state index in [0.29, 0.717) is 5.56 Å². The van der Waals surface area contributed by atoms with Crippen LogP contribution in [-0.4, -0.2) is 28.1 Å². The highest BCUT2D eigenvalue weighted by Crippen LogP contribution is 2.33. The number of ether oxygens (including phenoxy) is 1. The van der Waals surface area contributed by atoms with Crippen LogP contribution in [0.1, 0.15) is 16.2 Å². The number of hydrogen-bond acceptors (Lipinski definition) is 6. The summed E-state index contributed by atoms with van der Waals surface area (Å²) in [4.78, 5) is 24.9. The average molecular weight is 278 g/mol. The van der Waals surface area contributed by atoms with E-state index in [1.54, 1.807) is 0 Å². The Hall–Kier alpha value is -2.90. The first-order chi connectivity index (χ1) is 9.43. The molecule has 1 heterocycles. The summed E-state index contributed by atoms with van der Waals surface area (Å²) in [6.45, 7) is 1.47. The monoisotopic (exact) mass is 278 g/mol. The van der Waals surface area contributed by atoms with Gasteiger partial charge in [0.2, 0.25) is 5.89 Å². The Kier molecular flexibility index (Phi) is 3.38. The molecule has 0 aliphatic rings. The Bertz CT molecular complexity index is 691. The molecular formula is C12H10N2O6. The van der Waals surface area contributed by atoms with Crippen molar-refractivity contribution in [2.75, 3.05) is 7.11 Å². The third-order valence-electron chi connectivity index (χ3n) is 2.63. The summed E-state index contributed by atoms with van der Waals surface area (Å²) in [5.74, 6) is -0.852. The molecule has 1 aromatic heterocycles. The standard InChI is InChI=1S/C12H10N2O6/c1-6-10(12(15)16)13-11(20-6)8-4-3-7(14(17)18)5-9(8)19-2/h3-5H,1-2H3,(H,15,16). The smallest absolute Gasteiger partial charge is 0.358 e. The maximum absolute atomic E-state index is 10.9. The van der Waals surface area contributed by atoms with Gasteiger partial charge < -0.3 is 14.3 Å². The lowest BCUT2D eigenvalue weighted by Crippen LogP contribution is -1.98. The predicted molar refractivity (Wildman–Crippen MR) is 66.8 cm³/mol. The van der Waals surface area contributed by atoms with Gasteiger partial charge in [0.15, 0.2) is 5.69 Å². The molecule has 1 aromatic carbocycles. The first-order valence-corrected chi connectivity index (χ1v) is 5.47. The van der Waals surface area contributed by atoms with E-state index >= 15 is 0 Å². The largest absolute Gasteiger partial charge is 0.496 e. The van der Waals surface area contributed by atoms with Gasteiger partial charge in [0, 0.05) is 6.07 Å². The molecule has 0 aliphatic heterocycles. The van der Waals surface area contributed by atoms with Crippen molar-refractivity contribution in [2.45, 2.75) is 6.92 Å². The molecule has 2 rings (SSSR count). The molecule has 0 saturated carbocycles. The van der Waals surface area contributed by atoms with Gasteiger partial charge in [0.05, 0.1) is 23.7 Å². The highest BCUT2D eigenvalue weighted by molar-refractivity contribution is 5.87. The number of methoxy groups -OCH3 is 1. The predicted octanol–water partition coefficient (Wildman–Crippen LogP) is 2.27. The van der Waals surface area contributed by atoms with Gasteiger partial charge in [-0.25, -0.2) is 9.78 Å². The normalized spacial score (nSPS) is 10.3. The van der Waals surface area contributed by atoms with E-state index in [1.807, 2.05) is 0 Å². The second kappa shape index (κ2) is 5.00. The number of aryl methyl sites for hydroxylation is 1. The van der Waals surface area contributed by atoms with Crippen molar-refractivity contribution in [3.63, 3.8) is 0 Å². The fourth-order valence-corrected chi connectivity index (χ4v) is 1.68. The Morgan fingerprint density at radius 3 is 2.70 bits per heavy atom. The number of carboxylic acids is 1. The number of nitro benzene ring substituents is 1. The van der Waals surface area contributed by atoms with Crippen molar-refractivity contribution in [1.29, 1.82) is 0 Å². The summed E-state index contributed by atoms with van der Waals surface area (Å²) in [6.07, 6.45) is 0. The van der Waals surface area contributed by atoms with Gasteiger partial charge in [0.25, 0.3) is 5.69 Å².